The molecule has 1 N–H and O–H groups in total. The predicted octanol–water partition coefficient (Wildman–Crippen LogP) is 1.73. The number of rotatable bonds is 6. The summed E-state index contributed by atoms with van der Waals surface area (Å²) in [5.74, 6) is 0. The van der Waals surface area contributed by atoms with Gasteiger partial charge in [-0.05, 0) is 26.7 Å². The van der Waals surface area contributed by atoms with E-state index < -0.39 is 6.10 Å². The average Bonchev–Trinajstić information content (AvgIpc) is 2.64. The fraction of sp³-hybridized carbons (Fsp3) is 1.00. The normalized spacial score (nSPS) is 22.5. The maximum atomic E-state index is 10.0. The van der Waals surface area contributed by atoms with E-state index in [1.54, 1.807) is 0 Å². The van der Waals surface area contributed by atoms with E-state index in [-0.39, 0.29) is 5.60 Å². The Kier molecular flexibility index (Phi) is 4.85. The van der Waals surface area contributed by atoms with Gasteiger partial charge in [0.25, 0.3) is 0 Å². The zero-order valence-electron chi connectivity index (χ0n) is 9.29. The van der Waals surface area contributed by atoms with Gasteiger partial charge in [-0.25, -0.2) is 0 Å². The van der Waals surface area contributed by atoms with Crippen molar-refractivity contribution in [1.82, 2.24) is 0 Å². The Morgan fingerprint density at radius 1 is 1.21 bits per heavy atom. The van der Waals surface area contributed by atoms with Gasteiger partial charge in [0.2, 0.25) is 0 Å². The van der Waals surface area contributed by atoms with Crippen molar-refractivity contribution in [3.63, 3.8) is 0 Å². The fourth-order valence-corrected chi connectivity index (χ4v) is 2.22. The van der Waals surface area contributed by atoms with Crippen LogP contribution in [0.4, 0.5) is 0 Å². The third-order valence-electron chi connectivity index (χ3n) is 2.97. The maximum absolute atomic E-state index is 10.0. The Hall–Kier alpha value is -0.120. The Labute approximate surface area is 86.4 Å². The van der Waals surface area contributed by atoms with Gasteiger partial charge in [-0.3, -0.25) is 0 Å². The van der Waals surface area contributed by atoms with Crippen molar-refractivity contribution in [2.45, 2.75) is 51.2 Å². The van der Waals surface area contributed by atoms with E-state index in [0.29, 0.717) is 19.8 Å². The lowest BCUT2D eigenvalue weighted by Crippen LogP contribution is -2.45. The number of hydrogen-bond acceptors (Lipinski definition) is 3. The van der Waals surface area contributed by atoms with Crippen molar-refractivity contribution in [2.24, 2.45) is 0 Å². The molecule has 0 aromatic rings. The van der Waals surface area contributed by atoms with Crippen molar-refractivity contribution in [3.8, 4) is 0 Å². The first kappa shape index (κ1) is 12.0. The smallest absolute Gasteiger partial charge is 0.106 e. The van der Waals surface area contributed by atoms with Crippen molar-refractivity contribution >= 4 is 0 Å². The monoisotopic (exact) mass is 202 g/mol. The van der Waals surface area contributed by atoms with E-state index in [4.69, 9.17) is 9.47 Å². The molecule has 0 aromatic heterocycles. The van der Waals surface area contributed by atoms with Crippen LogP contribution < -0.4 is 0 Å². The number of hydrogen-bond donors (Lipinski definition) is 1. The molecule has 3 nitrogen and oxygen atoms in total. The Morgan fingerprint density at radius 2 is 1.86 bits per heavy atom. The molecule has 1 fully saturated rings. The molecular weight excluding hydrogens is 180 g/mol. The highest BCUT2D eigenvalue weighted by molar-refractivity contribution is 4.92. The molecule has 0 heterocycles. The van der Waals surface area contributed by atoms with Crippen molar-refractivity contribution in [2.75, 3.05) is 19.8 Å². The summed E-state index contributed by atoms with van der Waals surface area (Å²) >= 11 is 0. The molecule has 3 heteroatoms. The van der Waals surface area contributed by atoms with E-state index in [2.05, 4.69) is 0 Å². The summed E-state index contributed by atoms with van der Waals surface area (Å²) in [6, 6.07) is 0. The van der Waals surface area contributed by atoms with Crippen LogP contribution in [0.3, 0.4) is 0 Å². The molecule has 1 aliphatic carbocycles. The molecule has 1 aliphatic rings. The highest BCUT2D eigenvalue weighted by Gasteiger charge is 2.41. The molecule has 0 aromatic carbocycles. The lowest BCUT2D eigenvalue weighted by Gasteiger charge is -2.33. The minimum Gasteiger partial charge on any atom is -0.388 e. The van der Waals surface area contributed by atoms with Crippen LogP contribution in [0.2, 0.25) is 0 Å². The molecule has 0 amide bonds. The lowest BCUT2D eigenvalue weighted by molar-refractivity contribution is -0.137. The molecule has 14 heavy (non-hydrogen) atoms. The van der Waals surface area contributed by atoms with Gasteiger partial charge in [-0.15, -0.1) is 0 Å². The minimum atomic E-state index is -0.468. The fourth-order valence-electron chi connectivity index (χ4n) is 2.22. The van der Waals surface area contributed by atoms with Crippen molar-refractivity contribution in [3.05, 3.63) is 0 Å². The second kappa shape index (κ2) is 5.69. The largest absolute Gasteiger partial charge is 0.388 e. The van der Waals surface area contributed by atoms with Crippen LogP contribution in [0.1, 0.15) is 39.5 Å². The van der Waals surface area contributed by atoms with Crippen LogP contribution in [0.25, 0.3) is 0 Å². The van der Waals surface area contributed by atoms with Crippen LogP contribution >= 0.6 is 0 Å². The predicted molar refractivity (Wildman–Crippen MR) is 55.3 cm³/mol. The summed E-state index contributed by atoms with van der Waals surface area (Å²) in [6.45, 7) is 5.64. The highest BCUT2D eigenvalue weighted by atomic mass is 16.5. The Balaban J connectivity index is 2.48. The first-order chi connectivity index (χ1) is 6.75. The summed E-state index contributed by atoms with van der Waals surface area (Å²) in [4.78, 5) is 0. The summed E-state index contributed by atoms with van der Waals surface area (Å²) in [6.07, 6.45) is 3.78. The second-order valence-corrected chi connectivity index (χ2v) is 3.88. The third kappa shape index (κ3) is 2.69. The third-order valence-corrected chi connectivity index (χ3v) is 2.97. The number of aliphatic hydroxyl groups excluding tert-OH is 1. The Bertz CT molecular complexity index is 153. The number of ether oxygens (including phenoxy) is 2. The van der Waals surface area contributed by atoms with E-state index in [1.807, 2.05) is 13.8 Å². The van der Waals surface area contributed by atoms with E-state index in [9.17, 15) is 5.11 Å². The molecular formula is C11H22O3. The van der Waals surface area contributed by atoms with E-state index in [1.165, 1.54) is 0 Å². The molecule has 1 saturated carbocycles. The van der Waals surface area contributed by atoms with Crippen molar-refractivity contribution < 1.29 is 14.6 Å². The molecule has 1 unspecified atom stereocenters. The molecule has 84 valence electrons. The molecule has 1 atom stereocenters. The molecule has 1 rings (SSSR count). The summed E-state index contributed by atoms with van der Waals surface area (Å²) in [5, 5.41) is 10.0. The van der Waals surface area contributed by atoms with Crippen LogP contribution in [-0.2, 0) is 9.47 Å². The van der Waals surface area contributed by atoms with Crippen LogP contribution in [0.15, 0.2) is 0 Å². The molecule has 0 spiro atoms. The zero-order chi connectivity index (χ0) is 10.4. The first-order valence-corrected chi connectivity index (χ1v) is 5.65. The first-order valence-electron chi connectivity index (χ1n) is 5.65. The summed E-state index contributed by atoms with van der Waals surface area (Å²) < 4.78 is 11.0. The van der Waals surface area contributed by atoms with Crippen LogP contribution in [0, 0.1) is 0 Å². The van der Waals surface area contributed by atoms with E-state index >= 15 is 0 Å². The molecule has 0 aliphatic heterocycles. The van der Waals surface area contributed by atoms with Gasteiger partial charge in [0.15, 0.2) is 0 Å². The van der Waals surface area contributed by atoms with Gasteiger partial charge < -0.3 is 14.6 Å². The van der Waals surface area contributed by atoms with Gasteiger partial charge >= 0.3 is 0 Å². The zero-order valence-corrected chi connectivity index (χ0v) is 9.29. The van der Waals surface area contributed by atoms with Crippen LogP contribution in [-0.4, -0.2) is 36.6 Å². The summed E-state index contributed by atoms with van der Waals surface area (Å²) in [7, 11) is 0. The standard InChI is InChI=1S/C11H22O3/c1-3-13-9-10(12)11(14-4-2)7-5-6-8-11/h10,12H,3-9H2,1-2H3. The summed E-state index contributed by atoms with van der Waals surface area (Å²) in [5.41, 5.74) is -0.316. The second-order valence-electron chi connectivity index (χ2n) is 3.88. The van der Waals surface area contributed by atoms with Gasteiger partial charge in [0, 0.05) is 13.2 Å². The number of aliphatic hydroxyl groups is 1. The maximum Gasteiger partial charge on any atom is 0.106 e. The molecule has 0 saturated heterocycles. The quantitative estimate of drug-likeness (QED) is 0.713. The Morgan fingerprint density at radius 3 is 2.36 bits per heavy atom. The van der Waals surface area contributed by atoms with Gasteiger partial charge in [-0.2, -0.15) is 0 Å². The lowest BCUT2D eigenvalue weighted by atomic mass is 9.95. The van der Waals surface area contributed by atoms with Crippen LogP contribution in [0.5, 0.6) is 0 Å². The SMILES string of the molecule is CCOCC(O)C1(OCC)CCCC1. The van der Waals surface area contributed by atoms with Gasteiger partial charge in [0.1, 0.15) is 6.10 Å². The molecule has 0 radical (unpaired) electrons. The average molecular weight is 202 g/mol. The topological polar surface area (TPSA) is 38.7 Å². The molecule has 0 bridgehead atoms. The minimum absolute atomic E-state index is 0.316. The van der Waals surface area contributed by atoms with Gasteiger partial charge in [0.05, 0.1) is 12.2 Å². The highest BCUT2D eigenvalue weighted by Crippen LogP contribution is 2.36. The van der Waals surface area contributed by atoms with Crippen molar-refractivity contribution in [1.29, 1.82) is 0 Å². The van der Waals surface area contributed by atoms with Gasteiger partial charge in [-0.1, -0.05) is 12.8 Å². The van der Waals surface area contributed by atoms with E-state index in [0.717, 1.165) is 25.7 Å².